The molecule has 19 heavy (non-hydrogen) atoms. The lowest BCUT2D eigenvalue weighted by Gasteiger charge is -2.06. The predicted octanol–water partition coefficient (Wildman–Crippen LogP) is 3.75. The van der Waals surface area contributed by atoms with Crippen LogP contribution in [0.15, 0.2) is 16.5 Å². The third-order valence-corrected chi connectivity index (χ3v) is 3.08. The fourth-order valence-electron chi connectivity index (χ4n) is 2.18. The van der Waals surface area contributed by atoms with Crippen LogP contribution in [0.3, 0.4) is 0 Å². The van der Waals surface area contributed by atoms with Gasteiger partial charge < -0.3 is 14.3 Å². The van der Waals surface area contributed by atoms with Crippen molar-refractivity contribution in [2.75, 3.05) is 6.61 Å². The molecule has 1 N–H and O–H groups in total. The number of phenols is 1. The number of fused-ring (bicyclic) bond motifs is 1. The van der Waals surface area contributed by atoms with E-state index in [1.807, 2.05) is 26.8 Å². The van der Waals surface area contributed by atoms with E-state index in [0.29, 0.717) is 12.2 Å². The highest BCUT2D eigenvalue weighted by molar-refractivity contribution is 5.97. The molecular weight excluding hydrogens is 244 g/mol. The number of furan rings is 1. The largest absolute Gasteiger partial charge is 0.508 e. The van der Waals surface area contributed by atoms with E-state index in [0.717, 1.165) is 16.5 Å². The highest BCUT2D eigenvalue weighted by Crippen LogP contribution is 2.35. The number of esters is 1. The fraction of sp³-hybridized carbons (Fsp3) is 0.400. The summed E-state index contributed by atoms with van der Waals surface area (Å²) in [6, 6.07) is 3.38. The Kier molecular flexibility index (Phi) is 3.51. The van der Waals surface area contributed by atoms with E-state index in [9.17, 15) is 9.90 Å². The first-order valence-electron chi connectivity index (χ1n) is 6.38. The van der Waals surface area contributed by atoms with Crippen LogP contribution < -0.4 is 0 Å². The van der Waals surface area contributed by atoms with Crippen LogP contribution in [0.2, 0.25) is 0 Å². The Morgan fingerprint density at radius 3 is 2.68 bits per heavy atom. The van der Waals surface area contributed by atoms with E-state index in [4.69, 9.17) is 9.15 Å². The van der Waals surface area contributed by atoms with E-state index in [2.05, 4.69) is 0 Å². The molecule has 0 amide bonds. The third-order valence-electron chi connectivity index (χ3n) is 3.08. The van der Waals surface area contributed by atoms with Gasteiger partial charge >= 0.3 is 5.97 Å². The van der Waals surface area contributed by atoms with Crippen LogP contribution in [0.4, 0.5) is 0 Å². The summed E-state index contributed by atoms with van der Waals surface area (Å²) in [5, 5.41) is 10.6. The topological polar surface area (TPSA) is 59.7 Å². The minimum absolute atomic E-state index is 0.129. The number of benzene rings is 1. The Hall–Kier alpha value is -1.97. The quantitative estimate of drug-likeness (QED) is 0.856. The van der Waals surface area contributed by atoms with E-state index in [-0.39, 0.29) is 17.4 Å². The predicted molar refractivity (Wildman–Crippen MR) is 72.7 cm³/mol. The normalized spacial score (nSPS) is 11.2. The van der Waals surface area contributed by atoms with E-state index >= 15 is 0 Å². The zero-order chi connectivity index (χ0) is 14.2. The van der Waals surface area contributed by atoms with E-state index in [1.54, 1.807) is 13.0 Å². The van der Waals surface area contributed by atoms with Crippen LogP contribution >= 0.6 is 0 Å². The molecule has 0 spiro atoms. The molecule has 0 unspecified atom stereocenters. The molecule has 0 fully saturated rings. The Balaban J connectivity index is 2.70. The van der Waals surface area contributed by atoms with Crippen LogP contribution in [0, 0.1) is 6.92 Å². The van der Waals surface area contributed by atoms with Crippen LogP contribution in [0.25, 0.3) is 11.0 Å². The summed E-state index contributed by atoms with van der Waals surface area (Å²) in [6.07, 6.45) is 0. The molecule has 4 heteroatoms. The maximum Gasteiger partial charge on any atom is 0.374 e. The number of aromatic hydroxyl groups is 1. The van der Waals surface area contributed by atoms with Gasteiger partial charge in [0.2, 0.25) is 5.76 Å². The lowest BCUT2D eigenvalue weighted by atomic mass is 9.98. The fourth-order valence-corrected chi connectivity index (χ4v) is 2.18. The highest BCUT2D eigenvalue weighted by atomic mass is 16.5. The number of phenolic OH excluding ortho intramolecular Hbond substituents is 1. The molecule has 0 aliphatic carbocycles. The van der Waals surface area contributed by atoms with Gasteiger partial charge in [0.05, 0.1) is 6.61 Å². The van der Waals surface area contributed by atoms with Crippen LogP contribution in [0.1, 0.15) is 48.4 Å². The Labute approximate surface area is 112 Å². The minimum Gasteiger partial charge on any atom is -0.508 e. The Morgan fingerprint density at radius 1 is 1.42 bits per heavy atom. The summed E-state index contributed by atoms with van der Waals surface area (Å²) < 4.78 is 10.6. The zero-order valence-electron chi connectivity index (χ0n) is 11.6. The molecule has 2 aromatic rings. The molecule has 1 heterocycles. The minimum atomic E-state index is -0.459. The molecule has 1 aromatic heterocycles. The molecule has 1 aromatic carbocycles. The molecule has 0 bridgehead atoms. The number of carbonyl (C=O) groups excluding carboxylic acids is 1. The van der Waals surface area contributed by atoms with E-state index in [1.165, 1.54) is 0 Å². The van der Waals surface area contributed by atoms with Gasteiger partial charge in [-0.3, -0.25) is 0 Å². The molecule has 4 nitrogen and oxygen atoms in total. The number of ether oxygens (including phenoxy) is 1. The summed E-state index contributed by atoms with van der Waals surface area (Å²) >= 11 is 0. The maximum absolute atomic E-state index is 11.9. The van der Waals surface area contributed by atoms with Gasteiger partial charge in [-0.25, -0.2) is 4.79 Å². The summed E-state index contributed by atoms with van der Waals surface area (Å²) in [6.45, 7) is 7.86. The average molecular weight is 262 g/mol. The van der Waals surface area contributed by atoms with Crippen molar-refractivity contribution in [2.24, 2.45) is 0 Å². The lowest BCUT2D eigenvalue weighted by molar-refractivity contribution is 0.0490. The van der Waals surface area contributed by atoms with Gasteiger partial charge in [-0.15, -0.1) is 0 Å². The number of carbonyl (C=O) groups is 1. The van der Waals surface area contributed by atoms with Crippen molar-refractivity contribution in [2.45, 2.75) is 33.6 Å². The highest BCUT2D eigenvalue weighted by Gasteiger charge is 2.24. The average Bonchev–Trinajstić information content (AvgIpc) is 2.68. The summed E-state index contributed by atoms with van der Waals surface area (Å²) in [5.41, 5.74) is 2.09. The number of hydrogen-bond acceptors (Lipinski definition) is 4. The second-order valence-corrected chi connectivity index (χ2v) is 4.85. The maximum atomic E-state index is 11.9. The van der Waals surface area contributed by atoms with Crippen LogP contribution in [0.5, 0.6) is 5.75 Å². The lowest BCUT2D eigenvalue weighted by Crippen LogP contribution is -2.06. The molecular formula is C15H18O4. The number of hydrogen-bond donors (Lipinski definition) is 1. The SMILES string of the molecule is CCOC(=O)c1oc2cc(O)c(C)cc2c1C(C)C. The molecule has 0 saturated carbocycles. The third kappa shape index (κ3) is 2.30. The van der Waals surface area contributed by atoms with Crippen molar-refractivity contribution >= 4 is 16.9 Å². The van der Waals surface area contributed by atoms with Crippen molar-refractivity contribution in [3.8, 4) is 5.75 Å². The van der Waals surface area contributed by atoms with Gasteiger partial charge in [0.25, 0.3) is 0 Å². The second-order valence-electron chi connectivity index (χ2n) is 4.85. The number of aryl methyl sites for hydroxylation is 1. The van der Waals surface area contributed by atoms with Gasteiger partial charge in [-0.05, 0) is 31.4 Å². The molecule has 0 aliphatic rings. The van der Waals surface area contributed by atoms with Gasteiger partial charge in [0, 0.05) is 17.0 Å². The van der Waals surface area contributed by atoms with Crippen LogP contribution in [-0.4, -0.2) is 17.7 Å². The molecule has 0 radical (unpaired) electrons. The van der Waals surface area contributed by atoms with Crippen molar-refractivity contribution < 1.29 is 19.1 Å². The smallest absolute Gasteiger partial charge is 0.374 e. The first kappa shape index (κ1) is 13.5. The van der Waals surface area contributed by atoms with Crippen molar-refractivity contribution in [3.05, 3.63) is 29.0 Å². The molecule has 102 valence electrons. The first-order valence-corrected chi connectivity index (χ1v) is 6.38. The summed E-state index contributed by atoms with van der Waals surface area (Å²) in [7, 11) is 0. The monoisotopic (exact) mass is 262 g/mol. The molecule has 2 rings (SSSR count). The van der Waals surface area contributed by atoms with Crippen molar-refractivity contribution in [1.29, 1.82) is 0 Å². The van der Waals surface area contributed by atoms with E-state index < -0.39 is 5.97 Å². The van der Waals surface area contributed by atoms with Crippen molar-refractivity contribution in [1.82, 2.24) is 0 Å². The number of rotatable bonds is 3. The Bertz CT molecular complexity index is 623. The molecule has 0 atom stereocenters. The van der Waals surface area contributed by atoms with Gasteiger partial charge in [0.1, 0.15) is 11.3 Å². The second kappa shape index (κ2) is 4.96. The first-order chi connectivity index (χ1) is 8.95. The van der Waals surface area contributed by atoms with Crippen molar-refractivity contribution in [3.63, 3.8) is 0 Å². The Morgan fingerprint density at radius 2 is 2.11 bits per heavy atom. The van der Waals surface area contributed by atoms with Gasteiger partial charge in [-0.2, -0.15) is 0 Å². The summed E-state index contributed by atoms with van der Waals surface area (Å²) in [4.78, 5) is 11.9. The summed E-state index contributed by atoms with van der Waals surface area (Å²) in [5.74, 6) is 0.0629. The molecule has 0 aliphatic heterocycles. The zero-order valence-corrected chi connectivity index (χ0v) is 11.6. The standard InChI is InChI=1S/C15H18O4/c1-5-18-15(17)14-13(8(2)3)10-6-9(4)11(16)7-12(10)19-14/h6-8,16H,5H2,1-4H3. The van der Waals surface area contributed by atoms with Gasteiger partial charge in [-0.1, -0.05) is 13.8 Å². The molecule has 0 saturated heterocycles. The van der Waals surface area contributed by atoms with Gasteiger partial charge in [0.15, 0.2) is 0 Å². The van der Waals surface area contributed by atoms with Crippen LogP contribution in [-0.2, 0) is 4.74 Å².